The van der Waals surface area contributed by atoms with E-state index in [1.54, 1.807) is 18.2 Å². The summed E-state index contributed by atoms with van der Waals surface area (Å²) >= 11 is 11.0. The van der Waals surface area contributed by atoms with Gasteiger partial charge in [0.05, 0.1) is 11.0 Å². The molecule has 0 radical (unpaired) electrons. The molecule has 2 aromatic carbocycles. The Balaban J connectivity index is 0.000000574. The van der Waals surface area contributed by atoms with E-state index < -0.39 is 0 Å². The van der Waals surface area contributed by atoms with Gasteiger partial charge in [-0.2, -0.15) is 30.8 Å². The molecule has 4 aromatic rings. The van der Waals surface area contributed by atoms with Crippen molar-refractivity contribution in [3.05, 3.63) is 94.8 Å². The third-order valence-corrected chi connectivity index (χ3v) is 4.00. The standard InChI is InChI=1S/C15H11N2.C6H3Cl2.ClH.Fe.H3N/c1-3-13-9-8-12-7-6-11-5-4-10(2)16-14(11)15(12)17-13;7-5-2-1-3-6(8)4-5;;;/h4-9H,1H2,2H3;1-3H;1H;;1H3/q2*-1;;+2;. The van der Waals surface area contributed by atoms with Crippen LogP contribution in [-0.4, -0.2) is 9.97 Å². The van der Waals surface area contributed by atoms with Crippen LogP contribution in [0.5, 0.6) is 0 Å². The Bertz CT molecular complexity index is 1050. The number of hydrogen-bond donors (Lipinski definition) is 1. The molecule has 0 aliphatic rings. The number of fused-ring (bicyclic) bond motifs is 3. The number of aromatic nitrogens is 2. The fraction of sp³-hybridized carbons (Fsp3) is 0.0476. The van der Waals surface area contributed by atoms with Gasteiger partial charge in [-0.25, -0.2) is 6.08 Å². The summed E-state index contributed by atoms with van der Waals surface area (Å²) in [6, 6.07) is 20.1. The molecule has 0 saturated heterocycles. The van der Waals surface area contributed by atoms with Crippen LogP contribution in [0.25, 0.3) is 21.8 Å². The molecule has 0 bridgehead atoms. The zero-order valence-corrected chi connectivity index (χ0v) is 18.5. The smallest absolute Gasteiger partial charge is 0.344 e. The minimum absolute atomic E-state index is 0. The number of hydrogen-bond acceptors (Lipinski definition) is 3. The van der Waals surface area contributed by atoms with Crippen LogP contribution in [0, 0.1) is 19.1 Å². The first-order valence-corrected chi connectivity index (χ1v) is 8.36. The molecule has 28 heavy (non-hydrogen) atoms. The maximum absolute atomic E-state index is 5.50. The quantitative estimate of drug-likeness (QED) is 0.187. The van der Waals surface area contributed by atoms with E-state index in [1.165, 1.54) is 0 Å². The van der Waals surface area contributed by atoms with Crippen LogP contribution in [-0.2, 0) is 17.1 Å². The molecule has 3 N–H and O–H groups in total. The van der Waals surface area contributed by atoms with Crippen LogP contribution in [0.15, 0.2) is 61.2 Å². The van der Waals surface area contributed by atoms with Gasteiger partial charge in [-0.1, -0.05) is 28.2 Å². The first kappa shape index (κ1) is 26.3. The van der Waals surface area contributed by atoms with Crippen molar-refractivity contribution in [2.24, 2.45) is 0 Å². The average Bonchev–Trinajstić information content (AvgIpc) is 2.61. The normalized spacial score (nSPS) is 9.25. The number of benzene rings is 2. The molecule has 4 rings (SSSR count). The van der Waals surface area contributed by atoms with E-state index >= 15 is 0 Å². The van der Waals surface area contributed by atoms with Gasteiger partial charge in [0.25, 0.3) is 0 Å². The summed E-state index contributed by atoms with van der Waals surface area (Å²) in [4.78, 5) is 9.10. The SMILES string of the molecule is C=[C-]c1ccc2ccc3ccc(C)nc3c2n1.Cl.Clc1[c-]c(Cl)ccc1.N.[Fe+2]. The second kappa shape index (κ2) is 12.0. The summed E-state index contributed by atoms with van der Waals surface area (Å²) in [6.07, 6.45) is 2.81. The van der Waals surface area contributed by atoms with Crippen molar-refractivity contribution in [2.45, 2.75) is 6.92 Å². The van der Waals surface area contributed by atoms with E-state index in [1.807, 2.05) is 25.1 Å². The molecule has 0 spiro atoms. The molecule has 146 valence electrons. The summed E-state index contributed by atoms with van der Waals surface area (Å²) in [6.45, 7) is 5.62. The van der Waals surface area contributed by atoms with Crippen LogP contribution in [0.2, 0.25) is 10.0 Å². The molecule has 7 heteroatoms. The minimum Gasteiger partial charge on any atom is -0.344 e. The van der Waals surface area contributed by atoms with Crippen molar-refractivity contribution in [3.8, 4) is 0 Å². The molecule has 2 aromatic heterocycles. The summed E-state index contributed by atoms with van der Waals surface area (Å²) < 4.78 is 0. The fourth-order valence-electron chi connectivity index (χ4n) is 2.38. The van der Waals surface area contributed by atoms with Gasteiger partial charge in [0, 0.05) is 11.1 Å². The second-order valence-electron chi connectivity index (χ2n) is 5.38. The van der Waals surface area contributed by atoms with Crippen molar-refractivity contribution >= 4 is 57.4 Å². The van der Waals surface area contributed by atoms with E-state index in [4.69, 9.17) is 23.2 Å². The average molecular weight is 475 g/mol. The Hall–Kier alpha value is -1.65. The predicted octanol–water partition coefficient (Wildman–Crippen LogP) is 6.80. The van der Waals surface area contributed by atoms with Gasteiger partial charge in [-0.05, 0) is 18.4 Å². The summed E-state index contributed by atoms with van der Waals surface area (Å²) in [5.41, 5.74) is 3.62. The summed E-state index contributed by atoms with van der Waals surface area (Å²) in [7, 11) is 0. The van der Waals surface area contributed by atoms with E-state index in [0.29, 0.717) is 10.0 Å². The maximum Gasteiger partial charge on any atom is 2.00 e. The zero-order valence-electron chi connectivity index (χ0n) is 15.0. The summed E-state index contributed by atoms with van der Waals surface area (Å²) in [5.74, 6) is 0. The molecule has 0 unspecified atom stereocenters. The third-order valence-electron chi connectivity index (χ3n) is 3.56. The van der Waals surface area contributed by atoms with Gasteiger partial charge >= 0.3 is 17.1 Å². The Morgan fingerprint density at radius 2 is 1.36 bits per heavy atom. The van der Waals surface area contributed by atoms with Crippen LogP contribution >= 0.6 is 35.6 Å². The molecule has 0 aliphatic heterocycles. The Labute approximate surface area is 191 Å². The fourth-order valence-corrected chi connectivity index (χ4v) is 2.78. The number of nitrogens with zero attached hydrogens (tertiary/aromatic N) is 2. The third kappa shape index (κ3) is 6.46. The van der Waals surface area contributed by atoms with Gasteiger partial charge in [-0.15, -0.1) is 53.4 Å². The zero-order chi connectivity index (χ0) is 17.8. The van der Waals surface area contributed by atoms with Crippen LogP contribution in [0.4, 0.5) is 0 Å². The van der Waals surface area contributed by atoms with Crippen LogP contribution < -0.4 is 6.15 Å². The molecule has 0 fully saturated rings. The topological polar surface area (TPSA) is 60.8 Å². The predicted molar refractivity (Wildman–Crippen MR) is 117 cm³/mol. The van der Waals surface area contributed by atoms with Crippen LogP contribution in [0.1, 0.15) is 11.4 Å². The largest absolute Gasteiger partial charge is 2.00 e. The molecule has 3 nitrogen and oxygen atoms in total. The van der Waals surface area contributed by atoms with Gasteiger partial charge in [-0.3, -0.25) is 9.97 Å². The Morgan fingerprint density at radius 1 is 0.857 bits per heavy atom. The minimum atomic E-state index is 0. The monoisotopic (exact) mass is 473 g/mol. The number of aryl methyl sites for hydroxylation is 1. The Morgan fingerprint density at radius 3 is 1.86 bits per heavy atom. The summed E-state index contributed by atoms with van der Waals surface area (Å²) in [5, 5.41) is 3.31. The van der Waals surface area contributed by atoms with E-state index in [0.717, 1.165) is 33.2 Å². The van der Waals surface area contributed by atoms with E-state index in [2.05, 4.69) is 46.9 Å². The molecule has 0 saturated carbocycles. The Kier molecular flexibility index (Phi) is 11.3. The van der Waals surface area contributed by atoms with Gasteiger partial charge in [0.1, 0.15) is 0 Å². The van der Waals surface area contributed by atoms with Crippen LogP contribution in [0.3, 0.4) is 0 Å². The van der Waals surface area contributed by atoms with Gasteiger partial charge in [0.15, 0.2) is 0 Å². The van der Waals surface area contributed by atoms with Gasteiger partial charge in [0.2, 0.25) is 0 Å². The molecule has 0 atom stereocenters. The molecular weight excluding hydrogens is 456 g/mol. The number of rotatable bonds is 1. The van der Waals surface area contributed by atoms with Crippen molar-refractivity contribution < 1.29 is 17.1 Å². The van der Waals surface area contributed by atoms with Crippen molar-refractivity contribution in [1.82, 2.24) is 16.1 Å². The van der Waals surface area contributed by atoms with Crippen molar-refractivity contribution in [2.75, 3.05) is 0 Å². The first-order chi connectivity index (χ1) is 12.1. The molecule has 0 amide bonds. The first-order valence-electron chi connectivity index (χ1n) is 7.60. The number of halogens is 3. The number of pyridine rings is 2. The molecular formula is C21H18Cl3FeN3. The maximum atomic E-state index is 5.50. The van der Waals surface area contributed by atoms with Crippen molar-refractivity contribution in [1.29, 1.82) is 0 Å². The second-order valence-corrected chi connectivity index (χ2v) is 6.20. The molecule has 2 heterocycles. The van der Waals surface area contributed by atoms with Gasteiger partial charge < -0.3 is 6.15 Å². The van der Waals surface area contributed by atoms with E-state index in [9.17, 15) is 0 Å². The van der Waals surface area contributed by atoms with Crippen molar-refractivity contribution in [3.63, 3.8) is 0 Å². The van der Waals surface area contributed by atoms with E-state index in [-0.39, 0.29) is 35.6 Å². The molecule has 0 aliphatic carbocycles.